The average Bonchev–Trinajstić information content (AvgIpc) is 3.21. The number of aromatic nitrogens is 2. The Kier molecular flexibility index (Phi) is 4.69. The van der Waals surface area contributed by atoms with Gasteiger partial charge in [-0.05, 0) is 38.8 Å². The lowest BCUT2D eigenvalue weighted by atomic mass is 9.75. The molecule has 2 aromatic heterocycles. The number of piperidine rings is 1. The SMILES string of the molecule is Cc1noc(C)c1NC(=O)N1CCC([C@]2(c3ccccn3)NC(=O)NC2=O)CC1. The van der Waals surface area contributed by atoms with Crippen LogP contribution in [0.5, 0.6) is 0 Å². The molecule has 4 heterocycles. The number of nitrogens with one attached hydrogen (secondary N) is 3. The van der Waals surface area contributed by atoms with Gasteiger partial charge in [-0.25, -0.2) is 9.59 Å². The maximum absolute atomic E-state index is 12.8. The lowest BCUT2D eigenvalue weighted by Gasteiger charge is -2.40. The minimum atomic E-state index is -1.22. The lowest BCUT2D eigenvalue weighted by molar-refractivity contribution is -0.127. The molecule has 5 amide bonds. The number of carbonyl (C=O) groups is 3. The summed E-state index contributed by atoms with van der Waals surface area (Å²) in [7, 11) is 0. The molecule has 0 aliphatic carbocycles. The first-order chi connectivity index (χ1) is 13.9. The van der Waals surface area contributed by atoms with Crippen molar-refractivity contribution in [1.82, 2.24) is 25.7 Å². The highest BCUT2D eigenvalue weighted by molar-refractivity contribution is 6.07. The van der Waals surface area contributed by atoms with Crippen LogP contribution in [-0.4, -0.2) is 46.1 Å². The zero-order valence-corrected chi connectivity index (χ0v) is 16.2. The smallest absolute Gasteiger partial charge is 0.322 e. The van der Waals surface area contributed by atoms with Gasteiger partial charge in [0.05, 0.1) is 5.69 Å². The Bertz CT molecular complexity index is 931. The van der Waals surface area contributed by atoms with Crippen LogP contribution in [0.1, 0.15) is 30.0 Å². The van der Waals surface area contributed by atoms with Gasteiger partial charge in [0.15, 0.2) is 11.3 Å². The molecule has 0 unspecified atom stereocenters. The van der Waals surface area contributed by atoms with E-state index in [2.05, 4.69) is 26.1 Å². The number of carbonyl (C=O) groups excluding carboxylic acids is 3. The molecule has 0 spiro atoms. The second kappa shape index (κ2) is 7.19. The molecular formula is C19H22N6O4. The van der Waals surface area contributed by atoms with Gasteiger partial charge in [0.1, 0.15) is 11.4 Å². The van der Waals surface area contributed by atoms with Crippen molar-refractivity contribution in [3.8, 4) is 0 Å². The van der Waals surface area contributed by atoms with Gasteiger partial charge in [-0.1, -0.05) is 11.2 Å². The zero-order chi connectivity index (χ0) is 20.6. The molecule has 0 aromatic carbocycles. The van der Waals surface area contributed by atoms with Crippen LogP contribution in [0.25, 0.3) is 0 Å². The van der Waals surface area contributed by atoms with Gasteiger partial charge in [0.2, 0.25) is 0 Å². The van der Waals surface area contributed by atoms with Crippen LogP contribution in [0.3, 0.4) is 0 Å². The molecule has 2 aliphatic rings. The maximum atomic E-state index is 12.8. The molecular weight excluding hydrogens is 376 g/mol. The minimum absolute atomic E-state index is 0.188. The van der Waals surface area contributed by atoms with Crippen molar-refractivity contribution in [2.24, 2.45) is 5.92 Å². The van der Waals surface area contributed by atoms with Gasteiger partial charge >= 0.3 is 12.1 Å². The molecule has 0 bridgehead atoms. The van der Waals surface area contributed by atoms with E-state index in [0.29, 0.717) is 48.8 Å². The number of likely N-dealkylation sites (tertiary alicyclic amines) is 1. The summed E-state index contributed by atoms with van der Waals surface area (Å²) in [4.78, 5) is 43.4. The predicted octanol–water partition coefficient (Wildman–Crippen LogP) is 1.67. The van der Waals surface area contributed by atoms with Crippen LogP contribution in [0.15, 0.2) is 28.9 Å². The molecule has 152 valence electrons. The number of pyridine rings is 1. The van der Waals surface area contributed by atoms with Gasteiger partial charge in [0, 0.05) is 25.2 Å². The van der Waals surface area contributed by atoms with Crippen LogP contribution in [0.4, 0.5) is 15.3 Å². The van der Waals surface area contributed by atoms with Crippen molar-refractivity contribution in [3.63, 3.8) is 0 Å². The third-order valence-corrected chi connectivity index (χ3v) is 5.62. The summed E-state index contributed by atoms with van der Waals surface area (Å²) >= 11 is 0. The third kappa shape index (κ3) is 3.20. The number of imide groups is 1. The Hall–Kier alpha value is -3.43. The van der Waals surface area contributed by atoms with E-state index < -0.39 is 17.5 Å². The van der Waals surface area contributed by atoms with E-state index in [9.17, 15) is 14.4 Å². The van der Waals surface area contributed by atoms with Crippen molar-refractivity contribution in [1.29, 1.82) is 0 Å². The Morgan fingerprint density at radius 3 is 2.59 bits per heavy atom. The van der Waals surface area contributed by atoms with Crippen molar-refractivity contribution >= 4 is 23.7 Å². The van der Waals surface area contributed by atoms with Crippen LogP contribution in [0, 0.1) is 19.8 Å². The second-order valence-corrected chi connectivity index (χ2v) is 7.32. The van der Waals surface area contributed by atoms with Crippen LogP contribution < -0.4 is 16.0 Å². The molecule has 2 fully saturated rings. The van der Waals surface area contributed by atoms with Crippen molar-refractivity contribution in [2.75, 3.05) is 18.4 Å². The minimum Gasteiger partial charge on any atom is -0.359 e. The summed E-state index contributed by atoms with van der Waals surface area (Å²) in [5, 5.41) is 11.8. The molecule has 3 N–H and O–H groups in total. The topological polar surface area (TPSA) is 129 Å². The summed E-state index contributed by atoms with van der Waals surface area (Å²) < 4.78 is 5.08. The van der Waals surface area contributed by atoms with Crippen molar-refractivity contribution in [2.45, 2.75) is 32.2 Å². The molecule has 2 saturated heterocycles. The van der Waals surface area contributed by atoms with E-state index in [1.807, 2.05) is 0 Å². The number of aryl methyl sites for hydroxylation is 2. The van der Waals surface area contributed by atoms with Gasteiger partial charge in [-0.3, -0.25) is 15.1 Å². The third-order valence-electron chi connectivity index (χ3n) is 5.62. The number of amides is 5. The standard InChI is InChI=1S/C19H22N6O4/c1-11-15(12(2)29-24-11)21-18(28)25-9-6-13(7-10-25)19(14-5-3-4-8-20-14)16(26)22-17(27)23-19/h3-5,8,13H,6-7,9-10H2,1-2H3,(H,21,28)(H2,22,23,26,27)/t19-/m1/s1. The Morgan fingerprint density at radius 2 is 2.03 bits per heavy atom. The van der Waals surface area contributed by atoms with Crippen molar-refractivity contribution in [3.05, 3.63) is 41.5 Å². The molecule has 4 rings (SSSR count). The van der Waals surface area contributed by atoms with Crippen LogP contribution in [0.2, 0.25) is 0 Å². The fraction of sp³-hybridized carbons (Fsp3) is 0.421. The molecule has 0 saturated carbocycles. The number of anilines is 1. The van der Waals surface area contributed by atoms with E-state index in [4.69, 9.17) is 4.52 Å². The van der Waals surface area contributed by atoms with Gasteiger partial charge in [0.25, 0.3) is 5.91 Å². The number of hydrogen-bond acceptors (Lipinski definition) is 6. The summed E-state index contributed by atoms with van der Waals surface area (Å²) in [5.74, 6) is -0.0445. The highest BCUT2D eigenvalue weighted by Crippen LogP contribution is 2.38. The molecule has 1 atom stereocenters. The largest absolute Gasteiger partial charge is 0.359 e. The molecule has 10 nitrogen and oxygen atoms in total. The van der Waals surface area contributed by atoms with Crippen LogP contribution >= 0.6 is 0 Å². The first-order valence-corrected chi connectivity index (χ1v) is 9.45. The summed E-state index contributed by atoms with van der Waals surface area (Å²) in [6, 6.07) is 4.51. The number of rotatable bonds is 3. The normalized spacial score (nSPS) is 22.3. The van der Waals surface area contributed by atoms with E-state index in [1.54, 1.807) is 43.1 Å². The first kappa shape index (κ1) is 18.9. The van der Waals surface area contributed by atoms with E-state index in [-0.39, 0.29) is 11.9 Å². The Morgan fingerprint density at radius 1 is 1.28 bits per heavy atom. The lowest BCUT2D eigenvalue weighted by Crippen LogP contribution is -2.54. The monoisotopic (exact) mass is 398 g/mol. The predicted molar refractivity (Wildman–Crippen MR) is 102 cm³/mol. The number of hydrogen-bond donors (Lipinski definition) is 3. The van der Waals surface area contributed by atoms with Crippen molar-refractivity contribution < 1.29 is 18.9 Å². The van der Waals surface area contributed by atoms with Gasteiger partial charge in [-0.15, -0.1) is 0 Å². The quantitative estimate of drug-likeness (QED) is 0.675. The summed E-state index contributed by atoms with van der Waals surface area (Å²) in [5.41, 5.74) is 0.472. The van der Waals surface area contributed by atoms with E-state index in [1.165, 1.54) is 0 Å². The highest BCUT2D eigenvalue weighted by atomic mass is 16.5. The maximum Gasteiger partial charge on any atom is 0.322 e. The fourth-order valence-corrected chi connectivity index (χ4v) is 4.10. The first-order valence-electron chi connectivity index (χ1n) is 9.45. The average molecular weight is 398 g/mol. The number of nitrogens with zero attached hydrogens (tertiary/aromatic N) is 3. The summed E-state index contributed by atoms with van der Waals surface area (Å²) in [6.45, 7) is 4.38. The fourth-order valence-electron chi connectivity index (χ4n) is 4.10. The Balaban J connectivity index is 1.50. The Labute approximate surface area is 167 Å². The van der Waals surface area contributed by atoms with Gasteiger partial charge < -0.3 is 20.1 Å². The number of urea groups is 2. The van der Waals surface area contributed by atoms with E-state index in [0.717, 1.165) is 0 Å². The second-order valence-electron chi connectivity index (χ2n) is 7.32. The van der Waals surface area contributed by atoms with E-state index >= 15 is 0 Å². The molecule has 29 heavy (non-hydrogen) atoms. The van der Waals surface area contributed by atoms with Gasteiger partial charge in [-0.2, -0.15) is 0 Å². The molecule has 0 radical (unpaired) electrons. The molecule has 2 aliphatic heterocycles. The summed E-state index contributed by atoms with van der Waals surface area (Å²) in [6.07, 6.45) is 2.68. The molecule has 10 heteroatoms. The zero-order valence-electron chi connectivity index (χ0n) is 16.2. The molecule has 2 aromatic rings. The highest BCUT2D eigenvalue weighted by Gasteiger charge is 2.54. The van der Waals surface area contributed by atoms with Crippen LogP contribution in [-0.2, 0) is 10.3 Å².